The molecule has 3 aromatic carbocycles. The number of aromatic amines is 1. The molecule has 0 spiro atoms. The van der Waals surface area contributed by atoms with Crippen LogP contribution in [0.2, 0.25) is 0 Å². The first-order valence-electron chi connectivity index (χ1n) is 16.5. The molecule has 2 aliphatic heterocycles. The van der Waals surface area contributed by atoms with Crippen molar-refractivity contribution in [2.75, 3.05) is 23.4 Å². The van der Waals surface area contributed by atoms with Crippen LogP contribution in [0.5, 0.6) is 5.75 Å². The van der Waals surface area contributed by atoms with Crippen molar-refractivity contribution in [3.8, 4) is 5.75 Å². The normalized spacial score (nSPS) is 25.3. The molecule has 2 N–H and O–H groups in total. The molecular formula is C36H29BrN4O9S2. The van der Waals surface area contributed by atoms with E-state index in [1.165, 1.54) is 29.2 Å². The molecule has 4 aromatic rings. The number of ether oxygens (including phenoxy) is 2. The summed E-state index contributed by atoms with van der Waals surface area (Å²) in [6.07, 6.45) is 0.667. The van der Waals surface area contributed by atoms with Gasteiger partial charge in [0.25, 0.3) is 11.6 Å². The van der Waals surface area contributed by atoms with Crippen LogP contribution in [0.3, 0.4) is 0 Å². The molecule has 2 bridgehead atoms. The van der Waals surface area contributed by atoms with Crippen LogP contribution >= 0.6 is 39.0 Å². The number of carbonyl (C=O) groups excluding carboxylic acids is 4. The first kappa shape index (κ1) is 34.3. The van der Waals surface area contributed by atoms with Crippen molar-refractivity contribution in [1.29, 1.82) is 0 Å². The lowest BCUT2D eigenvalue weighted by Gasteiger charge is -2.43. The fourth-order valence-electron chi connectivity index (χ4n) is 8.48. The maximum absolute atomic E-state index is 14.1. The minimum absolute atomic E-state index is 0.0877. The second-order valence-corrected chi connectivity index (χ2v) is 16.2. The van der Waals surface area contributed by atoms with Gasteiger partial charge in [0, 0.05) is 43.9 Å². The monoisotopic (exact) mass is 804 g/mol. The summed E-state index contributed by atoms with van der Waals surface area (Å²) in [5.74, 6) is -3.00. The maximum Gasteiger partial charge on any atom is 0.338 e. The van der Waals surface area contributed by atoms with Crippen molar-refractivity contribution < 1.29 is 33.6 Å². The number of halogens is 1. The Morgan fingerprint density at radius 1 is 1.02 bits per heavy atom. The summed E-state index contributed by atoms with van der Waals surface area (Å²) >= 11 is 6.26. The third-order valence-electron chi connectivity index (χ3n) is 10.4. The zero-order chi connectivity index (χ0) is 36.4. The highest BCUT2D eigenvalue weighted by Gasteiger charge is 2.70. The predicted molar refractivity (Wildman–Crippen MR) is 195 cm³/mol. The van der Waals surface area contributed by atoms with Gasteiger partial charge in [0.1, 0.15) is 5.75 Å². The maximum atomic E-state index is 14.1. The van der Waals surface area contributed by atoms with Crippen molar-refractivity contribution in [2.45, 2.75) is 29.5 Å². The van der Waals surface area contributed by atoms with Crippen LogP contribution in [-0.2, 0) is 19.1 Å². The number of imide groups is 1. The molecule has 1 saturated heterocycles. The first-order valence-corrected chi connectivity index (χ1v) is 19.0. The minimum Gasteiger partial charge on any atom is -0.483 e. The Morgan fingerprint density at radius 2 is 1.73 bits per heavy atom. The molecular weight excluding hydrogens is 776 g/mol. The highest BCUT2D eigenvalue weighted by Crippen LogP contribution is 2.69. The number of aromatic nitrogens is 1. The van der Waals surface area contributed by atoms with E-state index in [1.807, 2.05) is 6.07 Å². The number of hydrogen-bond donors (Lipinski definition) is 2. The van der Waals surface area contributed by atoms with Crippen molar-refractivity contribution >= 4 is 79.8 Å². The highest BCUT2D eigenvalue weighted by molar-refractivity contribution is 9.10. The van der Waals surface area contributed by atoms with Crippen molar-refractivity contribution in [3.63, 3.8) is 0 Å². The van der Waals surface area contributed by atoms with Gasteiger partial charge < -0.3 is 19.8 Å². The van der Waals surface area contributed by atoms with E-state index in [4.69, 9.17) is 9.47 Å². The molecule has 2 saturated carbocycles. The van der Waals surface area contributed by atoms with Crippen LogP contribution in [0.25, 0.3) is 0 Å². The summed E-state index contributed by atoms with van der Waals surface area (Å²) in [5, 5.41) is 14.6. The van der Waals surface area contributed by atoms with Crippen molar-refractivity contribution in [1.82, 2.24) is 4.98 Å². The average molecular weight is 806 g/mol. The van der Waals surface area contributed by atoms with E-state index in [0.29, 0.717) is 29.1 Å². The van der Waals surface area contributed by atoms with Crippen molar-refractivity contribution in [3.05, 3.63) is 107 Å². The molecule has 266 valence electrons. The number of non-ortho nitro benzene ring substituents is 1. The Morgan fingerprint density at radius 3 is 2.42 bits per heavy atom. The second kappa shape index (κ2) is 13.3. The van der Waals surface area contributed by atoms with Gasteiger partial charge in [-0.1, -0.05) is 27.3 Å². The molecule has 8 rings (SSSR count). The van der Waals surface area contributed by atoms with Gasteiger partial charge in [0.2, 0.25) is 11.8 Å². The minimum atomic E-state index is -0.577. The Labute approximate surface area is 312 Å². The number of anilines is 2. The molecule has 6 unspecified atom stereocenters. The van der Waals surface area contributed by atoms with E-state index in [2.05, 4.69) is 26.2 Å². The van der Waals surface area contributed by atoms with Crippen LogP contribution in [0.4, 0.5) is 17.1 Å². The Bertz CT molecular complexity index is 2210. The quantitative estimate of drug-likeness (QED) is 0.0886. The number of fused-ring (bicyclic) bond motifs is 9. The lowest BCUT2D eigenvalue weighted by atomic mass is 9.68. The number of thiazole rings is 1. The molecule has 2 aliphatic carbocycles. The highest BCUT2D eigenvalue weighted by atomic mass is 79.9. The number of H-pyrrole nitrogens is 1. The number of esters is 1. The summed E-state index contributed by atoms with van der Waals surface area (Å²) < 4.78 is 12.0. The van der Waals surface area contributed by atoms with Gasteiger partial charge in [-0.05, 0) is 85.7 Å². The van der Waals surface area contributed by atoms with Gasteiger partial charge in [-0.2, -0.15) is 0 Å². The predicted octanol–water partition coefficient (Wildman–Crippen LogP) is 5.98. The molecule has 0 radical (unpaired) electrons. The topological polar surface area (TPSA) is 178 Å². The molecule has 52 heavy (non-hydrogen) atoms. The summed E-state index contributed by atoms with van der Waals surface area (Å²) in [6, 6.07) is 17.3. The van der Waals surface area contributed by atoms with Gasteiger partial charge in [-0.25, -0.2) is 4.79 Å². The number of nitro groups is 1. The number of thioether (sulfide) groups is 1. The zero-order valence-electron chi connectivity index (χ0n) is 27.3. The third kappa shape index (κ3) is 5.72. The van der Waals surface area contributed by atoms with Crippen LogP contribution in [0, 0.1) is 39.7 Å². The number of nitrogens with zero attached hydrogens (tertiary/aromatic N) is 2. The summed E-state index contributed by atoms with van der Waals surface area (Å²) in [7, 11) is 0. The molecule has 7 atom stereocenters. The summed E-state index contributed by atoms with van der Waals surface area (Å²) in [5.41, 5.74) is 1.76. The SMILES string of the molecule is CCOC(=O)c1ccc(NC(=O)COc2ccc(Br)cc2[C@H]2c3sc(=O)[nH]c3SC3C4CC(C5C(=O)N(c6ccc([N+](=O)[O-])cc6)C(=O)C45)C32)cc1. The Kier molecular flexibility index (Phi) is 8.78. The van der Waals surface area contributed by atoms with Crippen LogP contribution in [0.15, 0.2) is 81.0 Å². The van der Waals surface area contributed by atoms with E-state index in [0.717, 1.165) is 31.3 Å². The van der Waals surface area contributed by atoms with E-state index in [9.17, 15) is 34.1 Å². The molecule has 3 fully saturated rings. The lowest BCUT2D eigenvalue weighted by Crippen LogP contribution is -2.42. The number of carbonyl (C=O) groups is 4. The van der Waals surface area contributed by atoms with E-state index in [-0.39, 0.29) is 64.5 Å². The van der Waals surface area contributed by atoms with Gasteiger partial charge in [-0.3, -0.25) is 34.2 Å². The number of rotatable bonds is 9. The van der Waals surface area contributed by atoms with Crippen LogP contribution in [-0.4, -0.2) is 52.1 Å². The molecule has 3 amide bonds. The molecule has 13 nitrogen and oxygen atoms in total. The lowest BCUT2D eigenvalue weighted by molar-refractivity contribution is -0.384. The Hall–Kier alpha value is -4.80. The van der Waals surface area contributed by atoms with Gasteiger partial charge in [-0.15, -0.1) is 11.8 Å². The summed E-state index contributed by atoms with van der Waals surface area (Å²) in [4.78, 5) is 81.4. The second-order valence-electron chi connectivity index (χ2n) is 13.1. The molecule has 3 heterocycles. The largest absolute Gasteiger partial charge is 0.483 e. The average Bonchev–Trinajstić information content (AvgIpc) is 3.86. The zero-order valence-corrected chi connectivity index (χ0v) is 30.5. The van der Waals surface area contributed by atoms with Gasteiger partial charge in [0.15, 0.2) is 6.61 Å². The Balaban J connectivity index is 1.08. The molecule has 16 heteroatoms. The fourth-order valence-corrected chi connectivity index (χ4v) is 11.7. The fraction of sp³-hybridized carbons (Fsp3) is 0.306. The summed E-state index contributed by atoms with van der Waals surface area (Å²) in [6.45, 7) is 1.65. The van der Waals surface area contributed by atoms with E-state index in [1.54, 1.807) is 55.1 Å². The van der Waals surface area contributed by atoms with Crippen LogP contribution < -0.4 is 19.8 Å². The number of hydrogen-bond acceptors (Lipinski definition) is 11. The number of nitrogens with one attached hydrogen (secondary N) is 2. The smallest absolute Gasteiger partial charge is 0.338 e. The van der Waals surface area contributed by atoms with E-state index >= 15 is 0 Å². The van der Waals surface area contributed by atoms with Gasteiger partial charge in [0.05, 0.1) is 39.6 Å². The van der Waals surface area contributed by atoms with E-state index < -0.39 is 28.6 Å². The molecule has 4 aliphatic rings. The number of benzene rings is 3. The number of nitro benzene ring substituents is 1. The first-order chi connectivity index (χ1) is 25.0. The van der Waals surface area contributed by atoms with Crippen LogP contribution in [0.1, 0.15) is 40.1 Å². The molecule has 1 aromatic heterocycles. The van der Waals surface area contributed by atoms with Crippen molar-refractivity contribution in [2.24, 2.45) is 29.6 Å². The van der Waals surface area contributed by atoms with Gasteiger partial charge >= 0.3 is 10.8 Å². The standard InChI is InChI=1S/C36H29BrN4O9S2/c1-2-49-35(45)16-3-6-18(7-4-16)38-25(42)15-50-24-12-5-17(37)13-21(24)26-27-22-14-23(30(27)51-32-31(26)52-36(46)39-32)29-28(22)33(43)40(34(29)44)19-8-10-20(11-9-19)41(47)48/h3-13,22-23,26-30H,2,14-15H2,1H3,(H,38,42)(H,39,46)/t22?,23?,26-,27?,28?,29?,30?/m1/s1. The number of amides is 3. The third-order valence-corrected chi connectivity index (χ3v) is 13.5.